The third kappa shape index (κ3) is 6.58. The van der Waals surface area contributed by atoms with Gasteiger partial charge in [0.2, 0.25) is 0 Å². The van der Waals surface area contributed by atoms with E-state index in [4.69, 9.17) is 4.74 Å². The second-order valence-electron chi connectivity index (χ2n) is 7.96. The molecule has 3 aromatic rings. The van der Waals surface area contributed by atoms with E-state index in [1.54, 1.807) is 25.1 Å². The Labute approximate surface area is 203 Å². The quantitative estimate of drug-likeness (QED) is 0.406. The number of sulfonamides is 1. The van der Waals surface area contributed by atoms with Gasteiger partial charge in [-0.15, -0.1) is 0 Å². The van der Waals surface area contributed by atoms with Crippen LogP contribution in [-0.4, -0.2) is 20.9 Å². The SMILES string of the molecule is Cc1ccc(NS(=O)(=O)c2ccc(OCC(=O)NC(C)c3ccc(Br)cc3)c(C)c2)cc1C. The van der Waals surface area contributed by atoms with E-state index in [0.717, 1.165) is 21.2 Å². The first-order valence-corrected chi connectivity index (χ1v) is 12.7. The van der Waals surface area contributed by atoms with Gasteiger partial charge >= 0.3 is 0 Å². The zero-order chi connectivity index (χ0) is 24.2. The summed E-state index contributed by atoms with van der Waals surface area (Å²) in [4.78, 5) is 12.4. The first-order valence-electron chi connectivity index (χ1n) is 10.4. The van der Waals surface area contributed by atoms with Crippen molar-refractivity contribution < 1.29 is 17.9 Å². The number of aryl methyl sites for hydroxylation is 3. The summed E-state index contributed by atoms with van der Waals surface area (Å²) in [5.41, 5.74) is 4.20. The van der Waals surface area contributed by atoms with E-state index >= 15 is 0 Å². The molecular weight excluding hydrogens is 504 g/mol. The Morgan fingerprint density at radius 2 is 1.64 bits per heavy atom. The van der Waals surface area contributed by atoms with E-state index in [2.05, 4.69) is 26.0 Å². The molecule has 0 aromatic heterocycles. The van der Waals surface area contributed by atoms with E-state index in [1.165, 1.54) is 12.1 Å². The van der Waals surface area contributed by atoms with Crippen molar-refractivity contribution in [1.82, 2.24) is 5.32 Å². The van der Waals surface area contributed by atoms with Gasteiger partial charge in [0.1, 0.15) is 5.75 Å². The van der Waals surface area contributed by atoms with Crippen molar-refractivity contribution in [3.05, 3.63) is 87.4 Å². The predicted molar refractivity (Wildman–Crippen MR) is 134 cm³/mol. The topological polar surface area (TPSA) is 84.5 Å². The lowest BCUT2D eigenvalue weighted by Crippen LogP contribution is -2.31. The molecular formula is C25H27BrN2O4S. The maximum absolute atomic E-state index is 12.8. The molecule has 3 rings (SSSR count). The van der Waals surface area contributed by atoms with Crippen molar-refractivity contribution in [2.75, 3.05) is 11.3 Å². The molecule has 0 aliphatic rings. The molecule has 174 valence electrons. The van der Waals surface area contributed by atoms with Crippen LogP contribution in [0.2, 0.25) is 0 Å². The standard InChI is InChI=1S/C25H27BrN2O4S/c1-16-5-10-22(13-17(16)2)28-33(30,31)23-11-12-24(18(3)14-23)32-15-25(29)27-19(4)20-6-8-21(26)9-7-20/h5-14,19,28H,15H2,1-4H3,(H,27,29). The lowest BCUT2D eigenvalue weighted by molar-refractivity contribution is -0.123. The molecule has 0 aliphatic heterocycles. The Balaban J connectivity index is 1.62. The van der Waals surface area contributed by atoms with Crippen LogP contribution in [0.3, 0.4) is 0 Å². The van der Waals surface area contributed by atoms with Gasteiger partial charge in [-0.05, 0) is 92.4 Å². The summed E-state index contributed by atoms with van der Waals surface area (Å²) in [6, 6.07) is 17.5. The van der Waals surface area contributed by atoms with E-state index < -0.39 is 10.0 Å². The monoisotopic (exact) mass is 530 g/mol. The van der Waals surface area contributed by atoms with Crippen LogP contribution in [0.5, 0.6) is 5.75 Å². The summed E-state index contributed by atoms with van der Waals surface area (Å²) in [6.07, 6.45) is 0. The lowest BCUT2D eigenvalue weighted by atomic mass is 10.1. The number of nitrogens with one attached hydrogen (secondary N) is 2. The van der Waals surface area contributed by atoms with Crippen LogP contribution in [-0.2, 0) is 14.8 Å². The molecule has 0 heterocycles. The smallest absolute Gasteiger partial charge is 0.261 e. The number of anilines is 1. The third-order valence-electron chi connectivity index (χ3n) is 5.32. The number of hydrogen-bond acceptors (Lipinski definition) is 4. The largest absolute Gasteiger partial charge is 0.484 e. The Bertz CT molecular complexity index is 1260. The number of benzene rings is 3. The van der Waals surface area contributed by atoms with Crippen LogP contribution in [0.1, 0.15) is 35.2 Å². The zero-order valence-corrected chi connectivity index (χ0v) is 21.4. The Morgan fingerprint density at radius 1 is 0.939 bits per heavy atom. The Kier molecular flexibility index (Phi) is 7.81. The van der Waals surface area contributed by atoms with Crippen LogP contribution >= 0.6 is 15.9 Å². The number of carbonyl (C=O) groups excluding carboxylic acids is 1. The minimum Gasteiger partial charge on any atom is -0.484 e. The van der Waals surface area contributed by atoms with Crippen molar-refractivity contribution in [2.24, 2.45) is 0 Å². The number of rotatable bonds is 8. The highest BCUT2D eigenvalue weighted by molar-refractivity contribution is 9.10. The fourth-order valence-electron chi connectivity index (χ4n) is 3.23. The molecule has 0 saturated heterocycles. The molecule has 0 bridgehead atoms. The van der Waals surface area contributed by atoms with Crippen LogP contribution in [0.4, 0.5) is 5.69 Å². The second kappa shape index (κ2) is 10.4. The zero-order valence-electron chi connectivity index (χ0n) is 19.0. The number of ether oxygens (including phenoxy) is 1. The van der Waals surface area contributed by atoms with Crippen LogP contribution in [0.25, 0.3) is 0 Å². The highest BCUT2D eigenvalue weighted by Crippen LogP contribution is 2.24. The van der Waals surface area contributed by atoms with Gasteiger partial charge in [0.25, 0.3) is 15.9 Å². The molecule has 3 aromatic carbocycles. The van der Waals surface area contributed by atoms with Gasteiger partial charge in [0.15, 0.2) is 6.61 Å². The summed E-state index contributed by atoms with van der Waals surface area (Å²) >= 11 is 3.39. The maximum atomic E-state index is 12.8. The fraction of sp³-hybridized carbons (Fsp3) is 0.240. The molecule has 1 amide bonds. The first-order chi connectivity index (χ1) is 15.5. The Morgan fingerprint density at radius 3 is 2.27 bits per heavy atom. The summed E-state index contributed by atoms with van der Waals surface area (Å²) in [7, 11) is -3.75. The van der Waals surface area contributed by atoms with Gasteiger partial charge in [0.05, 0.1) is 10.9 Å². The summed E-state index contributed by atoms with van der Waals surface area (Å²) < 4.78 is 34.8. The molecule has 0 radical (unpaired) electrons. The van der Waals surface area contributed by atoms with E-state index in [-0.39, 0.29) is 23.5 Å². The second-order valence-corrected chi connectivity index (χ2v) is 10.6. The molecule has 33 heavy (non-hydrogen) atoms. The highest BCUT2D eigenvalue weighted by atomic mass is 79.9. The van der Waals surface area contributed by atoms with E-state index in [9.17, 15) is 13.2 Å². The lowest BCUT2D eigenvalue weighted by Gasteiger charge is -2.16. The molecule has 2 N–H and O–H groups in total. The van der Waals surface area contributed by atoms with Crippen molar-refractivity contribution in [3.63, 3.8) is 0 Å². The van der Waals surface area contributed by atoms with Gasteiger partial charge in [-0.3, -0.25) is 9.52 Å². The van der Waals surface area contributed by atoms with Crippen LogP contribution in [0.15, 0.2) is 70.0 Å². The van der Waals surface area contributed by atoms with Gasteiger partial charge in [-0.25, -0.2) is 8.42 Å². The molecule has 0 spiro atoms. The number of carbonyl (C=O) groups is 1. The van der Waals surface area contributed by atoms with E-state index in [0.29, 0.717) is 17.0 Å². The minimum atomic E-state index is -3.75. The molecule has 0 aliphatic carbocycles. The maximum Gasteiger partial charge on any atom is 0.261 e. The molecule has 0 saturated carbocycles. The minimum absolute atomic E-state index is 0.124. The van der Waals surface area contributed by atoms with Gasteiger partial charge in [-0.2, -0.15) is 0 Å². The van der Waals surface area contributed by atoms with Crippen molar-refractivity contribution >= 4 is 37.5 Å². The van der Waals surface area contributed by atoms with Crippen molar-refractivity contribution in [3.8, 4) is 5.75 Å². The molecule has 6 nitrogen and oxygen atoms in total. The molecule has 8 heteroatoms. The Hall–Kier alpha value is -2.84. The molecule has 0 fully saturated rings. The van der Waals surface area contributed by atoms with Gasteiger partial charge < -0.3 is 10.1 Å². The highest BCUT2D eigenvalue weighted by Gasteiger charge is 2.17. The number of hydrogen-bond donors (Lipinski definition) is 2. The summed E-state index contributed by atoms with van der Waals surface area (Å²) in [5, 5.41) is 2.89. The fourth-order valence-corrected chi connectivity index (χ4v) is 4.63. The summed E-state index contributed by atoms with van der Waals surface area (Å²) in [5.74, 6) is 0.185. The predicted octanol–water partition coefficient (Wildman–Crippen LogP) is 5.43. The normalized spacial score (nSPS) is 12.2. The van der Waals surface area contributed by atoms with Crippen molar-refractivity contribution in [1.29, 1.82) is 0 Å². The van der Waals surface area contributed by atoms with Crippen LogP contribution < -0.4 is 14.8 Å². The van der Waals surface area contributed by atoms with Gasteiger partial charge in [-0.1, -0.05) is 34.1 Å². The third-order valence-corrected chi connectivity index (χ3v) is 7.23. The van der Waals surface area contributed by atoms with Crippen molar-refractivity contribution in [2.45, 2.75) is 38.6 Å². The number of amides is 1. The van der Waals surface area contributed by atoms with Gasteiger partial charge in [0, 0.05) is 10.2 Å². The van der Waals surface area contributed by atoms with Crippen LogP contribution in [0, 0.1) is 20.8 Å². The average Bonchev–Trinajstić information content (AvgIpc) is 2.75. The molecule has 1 atom stereocenters. The first kappa shape index (κ1) is 24.8. The van der Waals surface area contributed by atoms with E-state index in [1.807, 2.05) is 51.1 Å². The average molecular weight is 531 g/mol. The summed E-state index contributed by atoms with van der Waals surface area (Å²) in [6.45, 7) is 7.37. The molecule has 1 unspecified atom stereocenters. The number of halogens is 1.